The molecule has 0 aliphatic carbocycles. The molecule has 0 spiro atoms. The Hall–Kier alpha value is -2.10. The van der Waals surface area contributed by atoms with Gasteiger partial charge in [0.25, 0.3) is 0 Å². The van der Waals surface area contributed by atoms with E-state index < -0.39 is 0 Å². The third-order valence-electron chi connectivity index (χ3n) is 4.69. The van der Waals surface area contributed by atoms with Gasteiger partial charge in [-0.15, -0.1) is 12.8 Å². The van der Waals surface area contributed by atoms with Gasteiger partial charge < -0.3 is 14.9 Å². The van der Waals surface area contributed by atoms with E-state index in [4.69, 9.17) is 21.4 Å². The van der Waals surface area contributed by atoms with Crippen LogP contribution in [-0.2, 0) is 11.2 Å². The predicted molar refractivity (Wildman–Crippen MR) is 114 cm³/mol. The molecule has 6 heteroatoms. The molecule has 1 saturated heterocycles. The molecule has 29 heavy (non-hydrogen) atoms. The number of halogens is 2. The largest absolute Gasteiger partial charge is 0.400 e. The lowest BCUT2D eigenvalue weighted by Gasteiger charge is -2.33. The smallest absolute Gasteiger partial charge is 0.171 e. The highest BCUT2D eigenvalue weighted by molar-refractivity contribution is 6.31. The summed E-state index contributed by atoms with van der Waals surface area (Å²) in [5.41, 5.74) is 3.09. The molecule has 3 rings (SSSR count). The van der Waals surface area contributed by atoms with Crippen molar-refractivity contribution in [1.29, 1.82) is 0 Å². The van der Waals surface area contributed by atoms with Crippen molar-refractivity contribution in [2.24, 2.45) is 5.92 Å². The highest BCUT2D eigenvalue weighted by Gasteiger charge is 2.28. The van der Waals surface area contributed by atoms with Crippen LogP contribution in [0.3, 0.4) is 0 Å². The summed E-state index contributed by atoms with van der Waals surface area (Å²) in [5, 5.41) is 17.1. The van der Waals surface area contributed by atoms with Crippen LogP contribution in [0.4, 0.5) is 4.53 Å². The summed E-state index contributed by atoms with van der Waals surface area (Å²) in [6, 6.07) is 12.8. The normalized spacial score (nSPS) is 20.5. The van der Waals surface area contributed by atoms with Crippen molar-refractivity contribution in [1.82, 2.24) is 0 Å². The first-order valence-electron chi connectivity index (χ1n) is 9.29. The summed E-state index contributed by atoms with van der Waals surface area (Å²) < 4.78 is 18.2. The van der Waals surface area contributed by atoms with Crippen molar-refractivity contribution in [3.63, 3.8) is 0 Å². The second-order valence-corrected chi connectivity index (χ2v) is 7.16. The monoisotopic (exact) mass is 422 g/mol. The maximum absolute atomic E-state index is 12.1. The Morgan fingerprint density at radius 2 is 1.79 bits per heavy atom. The molecule has 0 amide bonds. The van der Waals surface area contributed by atoms with Gasteiger partial charge in [-0.05, 0) is 60.1 Å². The van der Waals surface area contributed by atoms with Crippen molar-refractivity contribution in [3.05, 3.63) is 64.2 Å². The summed E-state index contributed by atoms with van der Waals surface area (Å²) in [6.07, 6.45) is 10.3. The fourth-order valence-corrected chi connectivity index (χ4v) is 3.58. The first-order chi connectivity index (χ1) is 14.1. The van der Waals surface area contributed by atoms with Crippen LogP contribution in [0.1, 0.15) is 42.6 Å². The number of benzene rings is 2. The van der Waals surface area contributed by atoms with Gasteiger partial charge in [-0.3, -0.25) is 4.94 Å². The molecule has 0 bridgehead atoms. The Bertz CT molecular complexity index is 748. The van der Waals surface area contributed by atoms with E-state index in [0.29, 0.717) is 17.4 Å². The van der Waals surface area contributed by atoms with E-state index in [1.54, 1.807) is 12.1 Å². The maximum atomic E-state index is 12.1. The fraction of sp³-hybridized carbons (Fsp3) is 0.391. The van der Waals surface area contributed by atoms with Gasteiger partial charge in [-0.1, -0.05) is 42.8 Å². The van der Waals surface area contributed by atoms with Gasteiger partial charge in [-0.2, -0.15) is 0 Å². The second kappa shape index (κ2) is 13.2. The second-order valence-electron chi connectivity index (χ2n) is 6.75. The lowest BCUT2D eigenvalue weighted by Crippen LogP contribution is -2.29. The van der Waals surface area contributed by atoms with Crippen LogP contribution < -0.4 is 4.94 Å². The third kappa shape index (κ3) is 7.34. The zero-order chi connectivity index (χ0) is 21.8. The van der Waals surface area contributed by atoms with Crippen LogP contribution in [0.15, 0.2) is 42.5 Å². The van der Waals surface area contributed by atoms with Crippen LogP contribution in [0.2, 0.25) is 5.02 Å². The topological polar surface area (TPSA) is 58.9 Å². The number of terminal acetylenes is 1. The van der Waals surface area contributed by atoms with E-state index in [-0.39, 0.29) is 24.6 Å². The van der Waals surface area contributed by atoms with Gasteiger partial charge in [0.05, 0.1) is 18.8 Å². The van der Waals surface area contributed by atoms with Gasteiger partial charge in [0.1, 0.15) is 0 Å². The Labute approximate surface area is 177 Å². The number of hydrogen-bond donors (Lipinski definition) is 2. The molecule has 1 heterocycles. The van der Waals surface area contributed by atoms with Crippen molar-refractivity contribution < 1.29 is 24.4 Å². The SMILES string of the molecule is C#C.CO.C[C@H]1C[C@@H](CO)O[C@@H](c2ccc(Cl)c(Cc3ccc(OF)cc3)c2)C1. The minimum Gasteiger partial charge on any atom is -0.400 e. The molecule has 0 radical (unpaired) electrons. The van der Waals surface area contributed by atoms with Gasteiger partial charge in [0.15, 0.2) is 5.75 Å². The van der Waals surface area contributed by atoms with Crippen molar-refractivity contribution in [2.75, 3.05) is 13.7 Å². The number of aliphatic hydroxyl groups excluding tert-OH is 2. The molecule has 1 aliphatic heterocycles. The van der Waals surface area contributed by atoms with E-state index in [9.17, 15) is 9.63 Å². The summed E-state index contributed by atoms with van der Waals surface area (Å²) in [5.74, 6) is 0.687. The molecule has 0 unspecified atom stereocenters. The molecular weight excluding hydrogens is 395 g/mol. The Balaban J connectivity index is 0.000000989. The van der Waals surface area contributed by atoms with E-state index in [1.165, 1.54) is 0 Å². The molecule has 0 aromatic heterocycles. The summed E-state index contributed by atoms with van der Waals surface area (Å²) in [7, 11) is 1.00. The van der Waals surface area contributed by atoms with Gasteiger partial charge >= 0.3 is 0 Å². The van der Waals surface area contributed by atoms with Crippen molar-refractivity contribution in [3.8, 4) is 18.6 Å². The van der Waals surface area contributed by atoms with E-state index in [1.807, 2.05) is 24.3 Å². The van der Waals surface area contributed by atoms with Gasteiger partial charge in [0, 0.05) is 16.7 Å². The quantitative estimate of drug-likeness (QED) is 0.673. The zero-order valence-electron chi connectivity index (χ0n) is 16.7. The van der Waals surface area contributed by atoms with E-state index in [0.717, 1.165) is 36.6 Å². The predicted octanol–water partition coefficient (Wildman–Crippen LogP) is 4.90. The molecule has 1 aliphatic rings. The average Bonchev–Trinajstić information content (AvgIpc) is 2.78. The van der Waals surface area contributed by atoms with E-state index in [2.05, 4.69) is 30.8 Å². The molecule has 0 saturated carbocycles. The molecule has 3 atom stereocenters. The van der Waals surface area contributed by atoms with Crippen molar-refractivity contribution in [2.45, 2.75) is 38.4 Å². The van der Waals surface area contributed by atoms with Gasteiger partial charge in [0.2, 0.25) is 0 Å². The Morgan fingerprint density at radius 1 is 1.14 bits per heavy atom. The molecule has 1 fully saturated rings. The van der Waals surface area contributed by atoms with Crippen LogP contribution in [0, 0.1) is 18.8 Å². The maximum Gasteiger partial charge on any atom is 0.171 e. The fourth-order valence-electron chi connectivity index (χ4n) is 3.40. The van der Waals surface area contributed by atoms with Crippen molar-refractivity contribution >= 4 is 11.6 Å². The Morgan fingerprint density at radius 3 is 2.38 bits per heavy atom. The molecule has 2 aromatic carbocycles. The number of hydrogen-bond acceptors (Lipinski definition) is 4. The Kier molecular flexibility index (Phi) is 11.3. The number of ether oxygens (including phenoxy) is 1. The molecule has 2 aromatic rings. The minimum atomic E-state index is -0.110. The zero-order valence-corrected chi connectivity index (χ0v) is 17.5. The summed E-state index contributed by atoms with van der Waals surface area (Å²) >= 11 is 6.36. The van der Waals surface area contributed by atoms with Crippen LogP contribution in [0.5, 0.6) is 5.75 Å². The standard InChI is InChI=1S/C20H22ClFO3.C2H2.CH4O/c1-13-8-18(12-23)24-20(9-13)15-4-7-19(21)16(11-15)10-14-2-5-17(25-22)6-3-14;2*1-2/h2-7,11,13,18,20,23H,8-10,12H2,1H3;1-2H;2H,1H3/t13-,18-,20+;;/m0../s1. The minimum absolute atomic E-state index is 0.0285. The van der Waals surface area contributed by atoms with E-state index >= 15 is 0 Å². The first-order valence-corrected chi connectivity index (χ1v) is 9.67. The lowest BCUT2D eigenvalue weighted by molar-refractivity contribution is -0.0900. The lowest BCUT2D eigenvalue weighted by atomic mass is 9.89. The van der Waals surface area contributed by atoms with Crippen LogP contribution in [-0.4, -0.2) is 30.0 Å². The third-order valence-corrected chi connectivity index (χ3v) is 5.06. The molecule has 158 valence electrons. The van der Waals surface area contributed by atoms with Gasteiger partial charge in [-0.25, -0.2) is 0 Å². The highest BCUT2D eigenvalue weighted by Crippen LogP contribution is 2.36. The number of aliphatic hydroxyl groups is 2. The number of rotatable bonds is 5. The first kappa shape index (κ1) is 24.9. The van der Waals surface area contributed by atoms with Crippen LogP contribution in [0.25, 0.3) is 0 Å². The molecule has 2 N–H and O–H groups in total. The van der Waals surface area contributed by atoms with Crippen LogP contribution >= 0.6 is 11.6 Å². The molecular formula is C23H28ClFO4. The highest BCUT2D eigenvalue weighted by atomic mass is 35.5. The summed E-state index contributed by atoms with van der Waals surface area (Å²) in [4.78, 5) is 3.71. The molecule has 4 nitrogen and oxygen atoms in total. The summed E-state index contributed by atoms with van der Waals surface area (Å²) in [6.45, 7) is 2.23. The average molecular weight is 423 g/mol.